The van der Waals surface area contributed by atoms with Gasteiger partial charge in [0.25, 0.3) is 0 Å². The van der Waals surface area contributed by atoms with Gasteiger partial charge in [0.05, 0.1) is 6.54 Å². The molecular formula is C19H28N4OS. The van der Waals surface area contributed by atoms with Crippen molar-refractivity contribution in [2.24, 2.45) is 0 Å². The third-order valence-electron chi connectivity index (χ3n) is 4.24. The minimum absolute atomic E-state index is 0.0392. The maximum absolute atomic E-state index is 12.3. The molecule has 136 valence electrons. The number of anilines is 1. The molecule has 25 heavy (non-hydrogen) atoms. The molecule has 1 heterocycles. The van der Waals surface area contributed by atoms with E-state index in [4.69, 9.17) is 12.2 Å². The summed E-state index contributed by atoms with van der Waals surface area (Å²) in [7, 11) is 0. The van der Waals surface area contributed by atoms with Crippen LogP contribution >= 0.6 is 12.2 Å². The fourth-order valence-electron chi connectivity index (χ4n) is 2.79. The number of hydrogen-bond donors (Lipinski definition) is 2. The lowest BCUT2D eigenvalue weighted by molar-refractivity contribution is -0.117. The summed E-state index contributed by atoms with van der Waals surface area (Å²) in [5, 5.41) is 7.01. The van der Waals surface area contributed by atoms with Crippen molar-refractivity contribution < 1.29 is 4.79 Å². The van der Waals surface area contributed by atoms with Gasteiger partial charge >= 0.3 is 0 Å². The van der Waals surface area contributed by atoms with Crippen LogP contribution in [-0.4, -0.2) is 60.1 Å². The van der Waals surface area contributed by atoms with Crippen molar-refractivity contribution in [3.8, 4) is 0 Å². The SMILES string of the molecule is C=C(C)CNC(=S)N1CCN(CC(=O)Nc2ccccc2CC)CC1. The number of carbonyl (C=O) groups is 1. The zero-order chi connectivity index (χ0) is 18.2. The topological polar surface area (TPSA) is 47.6 Å². The quantitative estimate of drug-likeness (QED) is 0.602. The molecule has 1 aliphatic rings. The highest BCUT2D eigenvalue weighted by Crippen LogP contribution is 2.15. The van der Waals surface area contributed by atoms with E-state index in [1.807, 2.05) is 31.2 Å². The second-order valence-corrected chi connectivity index (χ2v) is 6.82. The Morgan fingerprint density at radius 3 is 2.56 bits per heavy atom. The first kappa shape index (κ1) is 19.4. The molecule has 2 rings (SSSR count). The molecule has 6 heteroatoms. The summed E-state index contributed by atoms with van der Waals surface area (Å²) in [5.74, 6) is 0.0392. The maximum atomic E-state index is 12.3. The van der Waals surface area contributed by atoms with Gasteiger partial charge in [-0.3, -0.25) is 9.69 Å². The first-order chi connectivity index (χ1) is 12.0. The Bertz CT molecular complexity index is 624. The van der Waals surface area contributed by atoms with Gasteiger partial charge in [0, 0.05) is 38.4 Å². The number of hydrogen-bond acceptors (Lipinski definition) is 3. The third-order valence-corrected chi connectivity index (χ3v) is 4.64. The maximum Gasteiger partial charge on any atom is 0.238 e. The molecule has 1 fully saturated rings. The van der Waals surface area contributed by atoms with Gasteiger partial charge in [-0.25, -0.2) is 0 Å². The molecule has 5 nitrogen and oxygen atoms in total. The van der Waals surface area contributed by atoms with Crippen molar-refractivity contribution in [1.82, 2.24) is 15.1 Å². The number of aryl methyl sites for hydroxylation is 1. The molecule has 2 N–H and O–H groups in total. The average Bonchev–Trinajstić information content (AvgIpc) is 2.60. The lowest BCUT2D eigenvalue weighted by Gasteiger charge is -2.35. The summed E-state index contributed by atoms with van der Waals surface area (Å²) in [6, 6.07) is 7.96. The highest BCUT2D eigenvalue weighted by Gasteiger charge is 2.20. The smallest absolute Gasteiger partial charge is 0.238 e. The summed E-state index contributed by atoms with van der Waals surface area (Å²) in [5.41, 5.74) is 3.14. The van der Waals surface area contributed by atoms with Crippen LogP contribution in [0.4, 0.5) is 5.69 Å². The van der Waals surface area contributed by atoms with E-state index in [9.17, 15) is 4.79 Å². The number of rotatable bonds is 6. The van der Waals surface area contributed by atoms with Gasteiger partial charge < -0.3 is 15.5 Å². The molecule has 1 amide bonds. The number of piperazine rings is 1. The van der Waals surface area contributed by atoms with Crippen LogP contribution in [0.2, 0.25) is 0 Å². The minimum atomic E-state index is 0.0392. The largest absolute Gasteiger partial charge is 0.359 e. The van der Waals surface area contributed by atoms with Gasteiger partial charge in [0.2, 0.25) is 5.91 Å². The van der Waals surface area contributed by atoms with Crippen molar-refractivity contribution in [2.75, 3.05) is 44.6 Å². The highest BCUT2D eigenvalue weighted by molar-refractivity contribution is 7.80. The van der Waals surface area contributed by atoms with Crippen LogP contribution in [0.5, 0.6) is 0 Å². The minimum Gasteiger partial charge on any atom is -0.359 e. The first-order valence-electron chi connectivity index (χ1n) is 8.77. The van der Waals surface area contributed by atoms with Crippen LogP contribution in [0, 0.1) is 0 Å². The van der Waals surface area contributed by atoms with E-state index >= 15 is 0 Å². The van der Waals surface area contributed by atoms with E-state index in [1.165, 1.54) is 0 Å². The Labute approximate surface area is 156 Å². The van der Waals surface area contributed by atoms with E-state index in [1.54, 1.807) is 0 Å². The molecule has 0 spiro atoms. The Hall–Kier alpha value is -1.92. The molecule has 0 unspecified atom stereocenters. The summed E-state index contributed by atoms with van der Waals surface area (Å²) < 4.78 is 0. The number of para-hydroxylation sites is 1. The van der Waals surface area contributed by atoms with Crippen molar-refractivity contribution >= 4 is 28.9 Å². The number of nitrogens with zero attached hydrogens (tertiary/aromatic N) is 2. The normalized spacial score (nSPS) is 14.9. The molecule has 0 atom stereocenters. The third kappa shape index (κ3) is 6.14. The summed E-state index contributed by atoms with van der Waals surface area (Å²) in [4.78, 5) is 16.6. The Kier molecular flexibility index (Phi) is 7.40. The molecular weight excluding hydrogens is 332 g/mol. The predicted octanol–water partition coefficient (Wildman–Crippen LogP) is 2.26. The zero-order valence-electron chi connectivity index (χ0n) is 15.2. The van der Waals surface area contributed by atoms with Crippen LogP contribution in [0.3, 0.4) is 0 Å². The van der Waals surface area contributed by atoms with Crippen molar-refractivity contribution in [1.29, 1.82) is 0 Å². The lowest BCUT2D eigenvalue weighted by Crippen LogP contribution is -2.53. The van der Waals surface area contributed by atoms with Gasteiger partial charge in [-0.1, -0.05) is 37.3 Å². The molecule has 1 saturated heterocycles. The number of benzene rings is 1. The van der Waals surface area contributed by atoms with Crippen molar-refractivity contribution in [2.45, 2.75) is 20.3 Å². The van der Waals surface area contributed by atoms with E-state index in [0.29, 0.717) is 13.1 Å². The fraction of sp³-hybridized carbons (Fsp3) is 0.474. The second-order valence-electron chi connectivity index (χ2n) is 6.44. The van der Waals surface area contributed by atoms with E-state index in [-0.39, 0.29) is 5.91 Å². The molecule has 0 aliphatic carbocycles. The van der Waals surface area contributed by atoms with Crippen molar-refractivity contribution in [3.05, 3.63) is 42.0 Å². The molecule has 0 radical (unpaired) electrons. The van der Waals surface area contributed by atoms with Gasteiger partial charge in [-0.05, 0) is 37.2 Å². The lowest BCUT2D eigenvalue weighted by atomic mass is 10.1. The molecule has 1 aromatic carbocycles. The van der Waals surface area contributed by atoms with Crippen LogP contribution < -0.4 is 10.6 Å². The standard InChI is InChI=1S/C19H28N4OS/c1-4-16-7-5-6-8-17(16)21-18(24)14-22-9-11-23(12-10-22)19(25)20-13-15(2)3/h5-8H,2,4,9-14H2,1,3H3,(H,20,25)(H,21,24). The van der Waals surface area contributed by atoms with Crippen LogP contribution in [-0.2, 0) is 11.2 Å². The summed E-state index contributed by atoms with van der Waals surface area (Å²) >= 11 is 5.41. The molecule has 0 saturated carbocycles. The number of amides is 1. The Balaban J connectivity index is 1.77. The van der Waals surface area contributed by atoms with E-state index in [2.05, 4.69) is 33.9 Å². The second kappa shape index (κ2) is 9.53. The van der Waals surface area contributed by atoms with E-state index < -0.39 is 0 Å². The highest BCUT2D eigenvalue weighted by atomic mass is 32.1. The average molecular weight is 361 g/mol. The van der Waals surface area contributed by atoms with E-state index in [0.717, 1.165) is 54.5 Å². The van der Waals surface area contributed by atoms with Crippen molar-refractivity contribution in [3.63, 3.8) is 0 Å². The summed E-state index contributed by atoms with van der Waals surface area (Å²) in [6.45, 7) is 12.4. The van der Waals surface area contributed by atoms with Crippen LogP contribution in [0.25, 0.3) is 0 Å². The van der Waals surface area contributed by atoms with Crippen LogP contribution in [0.15, 0.2) is 36.4 Å². The molecule has 0 bridgehead atoms. The van der Waals surface area contributed by atoms with Gasteiger partial charge in [0.1, 0.15) is 0 Å². The van der Waals surface area contributed by atoms with Gasteiger partial charge in [-0.15, -0.1) is 0 Å². The van der Waals surface area contributed by atoms with Gasteiger partial charge in [0.15, 0.2) is 5.11 Å². The fourth-order valence-corrected chi connectivity index (χ4v) is 3.05. The predicted molar refractivity (Wildman–Crippen MR) is 108 cm³/mol. The monoisotopic (exact) mass is 360 g/mol. The first-order valence-corrected chi connectivity index (χ1v) is 9.17. The molecule has 0 aromatic heterocycles. The Morgan fingerprint density at radius 1 is 1.24 bits per heavy atom. The summed E-state index contributed by atoms with van der Waals surface area (Å²) in [6.07, 6.45) is 0.907. The number of thiocarbonyl (C=S) groups is 1. The molecule has 1 aromatic rings. The number of carbonyl (C=O) groups excluding carboxylic acids is 1. The zero-order valence-corrected chi connectivity index (χ0v) is 16.0. The number of nitrogens with one attached hydrogen (secondary N) is 2. The van der Waals surface area contributed by atoms with Gasteiger partial charge in [-0.2, -0.15) is 0 Å². The molecule has 1 aliphatic heterocycles. The Morgan fingerprint density at radius 2 is 1.92 bits per heavy atom. The van der Waals surface area contributed by atoms with Crippen LogP contribution in [0.1, 0.15) is 19.4 Å².